The molecule has 2 nitrogen and oxygen atoms in total. The van der Waals surface area contributed by atoms with E-state index in [-0.39, 0.29) is 17.1 Å². The van der Waals surface area contributed by atoms with Gasteiger partial charge < -0.3 is 5.73 Å². The quantitative estimate of drug-likeness (QED) is 0.602. The van der Waals surface area contributed by atoms with Crippen LogP contribution in [0.1, 0.15) is 17.6 Å². The van der Waals surface area contributed by atoms with Crippen LogP contribution in [0.15, 0.2) is 6.20 Å². The highest BCUT2D eigenvalue weighted by Gasteiger charge is 2.20. The smallest absolute Gasteiger partial charge is 0.266 e. The SMILES string of the molecule is Nc1cnc(F)c(CCl)c1C(F)F. The van der Waals surface area contributed by atoms with E-state index in [1.807, 2.05) is 0 Å². The molecule has 6 heteroatoms. The van der Waals surface area contributed by atoms with E-state index in [2.05, 4.69) is 4.98 Å². The van der Waals surface area contributed by atoms with Gasteiger partial charge in [-0.05, 0) is 0 Å². The molecule has 0 amide bonds. The zero-order chi connectivity index (χ0) is 10.0. The lowest BCUT2D eigenvalue weighted by molar-refractivity contribution is 0.150. The average Bonchev–Trinajstić information content (AvgIpc) is 2.07. The van der Waals surface area contributed by atoms with E-state index in [1.165, 1.54) is 0 Å². The van der Waals surface area contributed by atoms with Gasteiger partial charge in [0.2, 0.25) is 5.95 Å². The number of nitrogens with two attached hydrogens (primary N) is 1. The predicted octanol–water partition coefficient (Wildman–Crippen LogP) is 2.48. The van der Waals surface area contributed by atoms with Crippen LogP contribution in [0.4, 0.5) is 18.9 Å². The molecule has 0 aromatic carbocycles. The van der Waals surface area contributed by atoms with Crippen molar-refractivity contribution in [3.8, 4) is 0 Å². The van der Waals surface area contributed by atoms with Gasteiger partial charge in [0.05, 0.1) is 23.3 Å². The van der Waals surface area contributed by atoms with Crippen molar-refractivity contribution in [2.45, 2.75) is 12.3 Å². The third-order valence-electron chi connectivity index (χ3n) is 1.55. The van der Waals surface area contributed by atoms with Gasteiger partial charge in [0.15, 0.2) is 0 Å². The third-order valence-corrected chi connectivity index (χ3v) is 1.82. The Balaban J connectivity index is 3.35. The number of nitrogens with zero attached hydrogens (tertiary/aromatic N) is 1. The van der Waals surface area contributed by atoms with Gasteiger partial charge in [0, 0.05) is 5.56 Å². The first-order valence-corrected chi connectivity index (χ1v) is 3.88. The molecular formula is C7H6ClF3N2. The standard InChI is InChI=1S/C7H6ClF3N2/c8-1-3-5(6(9)10)4(12)2-13-7(3)11/h2,6H,1,12H2. The Kier molecular flexibility index (Phi) is 2.98. The molecule has 0 aliphatic carbocycles. The number of halogens is 4. The van der Waals surface area contributed by atoms with Crippen LogP contribution < -0.4 is 5.73 Å². The van der Waals surface area contributed by atoms with E-state index >= 15 is 0 Å². The van der Waals surface area contributed by atoms with Gasteiger partial charge in [-0.2, -0.15) is 4.39 Å². The molecule has 1 heterocycles. The molecule has 0 aliphatic heterocycles. The summed E-state index contributed by atoms with van der Waals surface area (Å²) < 4.78 is 37.5. The second-order valence-corrected chi connectivity index (χ2v) is 2.60. The van der Waals surface area contributed by atoms with Crippen molar-refractivity contribution in [1.29, 1.82) is 0 Å². The number of anilines is 1. The first kappa shape index (κ1) is 10.1. The average molecular weight is 211 g/mol. The summed E-state index contributed by atoms with van der Waals surface area (Å²) >= 11 is 5.28. The molecule has 0 fully saturated rings. The number of aromatic nitrogens is 1. The van der Waals surface area contributed by atoms with E-state index in [4.69, 9.17) is 17.3 Å². The highest BCUT2D eigenvalue weighted by Crippen LogP contribution is 2.30. The fraction of sp³-hybridized carbons (Fsp3) is 0.286. The normalized spacial score (nSPS) is 10.8. The van der Waals surface area contributed by atoms with Gasteiger partial charge in [0.25, 0.3) is 6.43 Å². The van der Waals surface area contributed by atoms with Crippen molar-refractivity contribution in [1.82, 2.24) is 4.98 Å². The Morgan fingerprint density at radius 3 is 2.54 bits per heavy atom. The lowest BCUT2D eigenvalue weighted by Gasteiger charge is -2.08. The summed E-state index contributed by atoms with van der Waals surface area (Å²) in [6.07, 6.45) is -1.99. The molecule has 13 heavy (non-hydrogen) atoms. The lowest BCUT2D eigenvalue weighted by atomic mass is 10.1. The molecule has 0 saturated heterocycles. The maximum Gasteiger partial charge on any atom is 0.266 e. The van der Waals surface area contributed by atoms with Crippen LogP contribution >= 0.6 is 11.6 Å². The molecule has 0 unspecified atom stereocenters. The Hall–Kier alpha value is -0.970. The molecule has 0 saturated carbocycles. The largest absolute Gasteiger partial charge is 0.397 e. The highest BCUT2D eigenvalue weighted by atomic mass is 35.5. The summed E-state index contributed by atoms with van der Waals surface area (Å²) in [7, 11) is 0. The second kappa shape index (κ2) is 3.83. The summed E-state index contributed by atoms with van der Waals surface area (Å²) in [5.41, 5.74) is 4.05. The molecule has 0 bridgehead atoms. The van der Waals surface area contributed by atoms with Crippen LogP contribution in [0.2, 0.25) is 0 Å². The Labute approximate surface area is 77.5 Å². The van der Waals surface area contributed by atoms with Crippen LogP contribution in [-0.4, -0.2) is 4.98 Å². The summed E-state index contributed by atoms with van der Waals surface area (Å²) in [6.45, 7) is 0. The van der Waals surface area contributed by atoms with Gasteiger partial charge in [0.1, 0.15) is 0 Å². The van der Waals surface area contributed by atoms with E-state index in [0.717, 1.165) is 6.20 Å². The first-order chi connectivity index (χ1) is 6.07. The van der Waals surface area contributed by atoms with E-state index in [1.54, 1.807) is 0 Å². The summed E-state index contributed by atoms with van der Waals surface area (Å²) in [6, 6.07) is 0. The van der Waals surface area contributed by atoms with Crippen molar-refractivity contribution < 1.29 is 13.2 Å². The Bertz CT molecular complexity index is 317. The summed E-state index contributed by atoms with van der Waals surface area (Å²) in [5, 5.41) is 0. The van der Waals surface area contributed by atoms with E-state index < -0.39 is 17.9 Å². The molecular weight excluding hydrogens is 205 g/mol. The number of pyridine rings is 1. The molecule has 72 valence electrons. The minimum absolute atomic E-state index is 0.243. The fourth-order valence-electron chi connectivity index (χ4n) is 0.944. The Morgan fingerprint density at radius 2 is 2.15 bits per heavy atom. The Morgan fingerprint density at radius 1 is 1.54 bits per heavy atom. The number of rotatable bonds is 2. The lowest BCUT2D eigenvalue weighted by Crippen LogP contribution is -2.04. The molecule has 2 N–H and O–H groups in total. The van der Waals surface area contributed by atoms with Crippen molar-refractivity contribution >= 4 is 17.3 Å². The van der Waals surface area contributed by atoms with Crippen LogP contribution in [0.25, 0.3) is 0 Å². The van der Waals surface area contributed by atoms with Crippen LogP contribution in [0.3, 0.4) is 0 Å². The summed E-state index contributed by atoms with van der Waals surface area (Å²) in [4.78, 5) is 3.18. The predicted molar refractivity (Wildman–Crippen MR) is 43.1 cm³/mol. The van der Waals surface area contributed by atoms with Gasteiger partial charge in [-0.25, -0.2) is 13.8 Å². The number of alkyl halides is 3. The van der Waals surface area contributed by atoms with Gasteiger partial charge >= 0.3 is 0 Å². The zero-order valence-corrected chi connectivity index (χ0v) is 7.15. The van der Waals surface area contributed by atoms with E-state index in [9.17, 15) is 13.2 Å². The second-order valence-electron chi connectivity index (χ2n) is 2.33. The number of hydrogen-bond acceptors (Lipinski definition) is 2. The van der Waals surface area contributed by atoms with Gasteiger partial charge in [-0.3, -0.25) is 0 Å². The van der Waals surface area contributed by atoms with Crippen molar-refractivity contribution in [3.63, 3.8) is 0 Å². The molecule has 0 aliphatic rings. The molecule has 1 aromatic rings. The maximum absolute atomic E-state index is 12.8. The molecule has 0 radical (unpaired) electrons. The monoisotopic (exact) mass is 210 g/mol. The number of hydrogen-bond donors (Lipinski definition) is 1. The van der Waals surface area contributed by atoms with Crippen LogP contribution in [-0.2, 0) is 5.88 Å². The van der Waals surface area contributed by atoms with Crippen LogP contribution in [0, 0.1) is 5.95 Å². The highest BCUT2D eigenvalue weighted by molar-refractivity contribution is 6.17. The molecule has 1 aromatic heterocycles. The molecule has 0 spiro atoms. The van der Waals surface area contributed by atoms with Crippen molar-refractivity contribution in [2.24, 2.45) is 0 Å². The maximum atomic E-state index is 12.8. The zero-order valence-electron chi connectivity index (χ0n) is 6.40. The van der Waals surface area contributed by atoms with Crippen molar-refractivity contribution in [2.75, 3.05) is 5.73 Å². The fourth-order valence-corrected chi connectivity index (χ4v) is 1.20. The van der Waals surface area contributed by atoms with E-state index in [0.29, 0.717) is 0 Å². The van der Waals surface area contributed by atoms with Crippen LogP contribution in [0.5, 0.6) is 0 Å². The topological polar surface area (TPSA) is 38.9 Å². The van der Waals surface area contributed by atoms with Gasteiger partial charge in [-0.1, -0.05) is 0 Å². The number of nitrogen functional groups attached to an aromatic ring is 1. The third kappa shape index (κ3) is 1.85. The van der Waals surface area contributed by atoms with Gasteiger partial charge in [-0.15, -0.1) is 11.6 Å². The molecule has 0 atom stereocenters. The minimum Gasteiger partial charge on any atom is -0.397 e. The minimum atomic E-state index is -2.84. The molecule has 1 rings (SSSR count). The first-order valence-electron chi connectivity index (χ1n) is 3.34. The van der Waals surface area contributed by atoms with Crippen molar-refractivity contribution in [3.05, 3.63) is 23.3 Å². The summed E-state index contributed by atoms with van der Waals surface area (Å²) in [5.74, 6) is -1.37.